The molecule has 0 amide bonds. The van der Waals surface area contributed by atoms with E-state index in [0.29, 0.717) is 0 Å². The number of benzene rings is 2. The van der Waals surface area contributed by atoms with Gasteiger partial charge < -0.3 is 5.11 Å². The van der Waals surface area contributed by atoms with Crippen LogP contribution >= 0.6 is 0 Å². The molecule has 2 aromatic rings. The highest BCUT2D eigenvalue weighted by Crippen LogP contribution is 2.30. The lowest BCUT2D eigenvalue weighted by Gasteiger charge is -2.11. The van der Waals surface area contributed by atoms with Crippen molar-refractivity contribution in [1.82, 2.24) is 0 Å². The van der Waals surface area contributed by atoms with Gasteiger partial charge in [-0.15, -0.1) is 0 Å². The third-order valence-corrected chi connectivity index (χ3v) is 3.14. The minimum atomic E-state index is -2.74. The highest BCUT2D eigenvalue weighted by atomic mass is 19.2. The van der Waals surface area contributed by atoms with Crippen molar-refractivity contribution in [3.63, 3.8) is 0 Å². The lowest BCUT2D eigenvalue weighted by atomic mass is 9.98. The Morgan fingerprint density at radius 1 is 0.462 bits per heavy atom. The maximum atomic E-state index is 13.8. The fourth-order valence-electron chi connectivity index (χ4n) is 1.95. The van der Waals surface area contributed by atoms with E-state index in [-0.39, 0.29) is 0 Å². The van der Waals surface area contributed by atoms with Gasteiger partial charge in [-0.05, 0) is 0 Å². The third kappa shape index (κ3) is 2.57. The first-order valence-electron chi connectivity index (χ1n) is 6.08. The summed E-state index contributed by atoms with van der Waals surface area (Å²) in [7, 11) is 0. The predicted molar refractivity (Wildman–Crippen MR) is 62.9 cm³/mol. The minimum Gasteiger partial charge on any atom is -0.477 e. The van der Waals surface area contributed by atoms with Gasteiger partial charge in [-0.1, -0.05) is 0 Å². The average Bonchev–Trinajstić information content (AvgIpc) is 2.56. The number of rotatable bonds is 3. The van der Waals surface area contributed by atoms with Crippen LogP contribution < -0.4 is 0 Å². The van der Waals surface area contributed by atoms with E-state index < -0.39 is 80.8 Å². The molecule has 0 saturated heterocycles. The predicted octanol–water partition coefficient (Wildman–Crippen LogP) is 3.87. The first kappa shape index (κ1) is 19.3. The van der Waals surface area contributed by atoms with Crippen molar-refractivity contribution in [2.24, 2.45) is 0 Å². The lowest BCUT2D eigenvalue weighted by Crippen LogP contribution is -2.20. The van der Waals surface area contributed by atoms with E-state index in [2.05, 4.69) is 0 Å². The molecule has 1 N–H and O–H groups in total. The van der Waals surface area contributed by atoms with Crippen molar-refractivity contribution >= 4 is 11.8 Å². The second-order valence-electron chi connectivity index (χ2n) is 4.59. The molecule has 0 radical (unpaired) electrons. The fourth-order valence-corrected chi connectivity index (χ4v) is 1.95. The van der Waals surface area contributed by atoms with Crippen molar-refractivity contribution in [2.45, 2.75) is 0 Å². The van der Waals surface area contributed by atoms with Crippen LogP contribution in [0, 0.1) is 52.4 Å². The van der Waals surface area contributed by atoms with Gasteiger partial charge >= 0.3 is 5.97 Å². The Morgan fingerprint density at radius 3 is 1.00 bits per heavy atom. The molecule has 0 heterocycles. The van der Waals surface area contributed by atoms with Crippen LogP contribution in [0.4, 0.5) is 39.5 Å². The molecule has 0 unspecified atom stereocenters. The Labute approximate surface area is 136 Å². The molecule has 26 heavy (non-hydrogen) atoms. The topological polar surface area (TPSA) is 54.4 Å². The number of hydrogen-bond acceptors (Lipinski definition) is 2. The van der Waals surface area contributed by atoms with Gasteiger partial charge in [0.2, 0.25) is 11.6 Å². The third-order valence-electron chi connectivity index (χ3n) is 3.14. The maximum absolute atomic E-state index is 13.8. The van der Waals surface area contributed by atoms with Crippen molar-refractivity contribution in [3.05, 3.63) is 69.0 Å². The Balaban J connectivity index is 2.88. The molecule has 0 aromatic heterocycles. The SMILES string of the molecule is O=C(O)c1c(F)c(F)c(C(=O)c2c(F)c(F)c(F)c(F)c2F)c(F)c1F. The summed E-state index contributed by atoms with van der Waals surface area (Å²) in [5, 5.41) is 8.47. The number of carboxylic acids is 1. The van der Waals surface area contributed by atoms with Crippen LogP contribution in [0.2, 0.25) is 0 Å². The number of hydrogen-bond donors (Lipinski definition) is 1. The monoisotopic (exact) mass is 388 g/mol. The number of ketones is 1. The summed E-state index contributed by atoms with van der Waals surface area (Å²) in [6.45, 7) is 0. The Hall–Kier alpha value is -3.05. The number of aromatic carboxylic acids is 1. The van der Waals surface area contributed by atoms with Gasteiger partial charge in [-0.3, -0.25) is 4.79 Å². The summed E-state index contributed by atoms with van der Waals surface area (Å²) in [5.74, 6) is -29.4. The first-order valence-corrected chi connectivity index (χ1v) is 6.08. The number of carbonyl (C=O) groups excluding carboxylic acids is 1. The molecule has 0 aliphatic carbocycles. The molecule has 0 aliphatic rings. The highest BCUT2D eigenvalue weighted by Gasteiger charge is 2.37. The zero-order valence-electron chi connectivity index (χ0n) is 11.7. The van der Waals surface area contributed by atoms with Gasteiger partial charge in [0.15, 0.2) is 46.5 Å². The van der Waals surface area contributed by atoms with E-state index in [1.807, 2.05) is 0 Å². The normalized spacial score (nSPS) is 11.0. The van der Waals surface area contributed by atoms with Gasteiger partial charge in [0, 0.05) is 0 Å². The molecule has 3 nitrogen and oxygen atoms in total. The highest BCUT2D eigenvalue weighted by molar-refractivity contribution is 6.10. The molecule has 138 valence electrons. The van der Waals surface area contributed by atoms with Crippen molar-refractivity contribution in [3.8, 4) is 0 Å². The van der Waals surface area contributed by atoms with E-state index >= 15 is 0 Å². The smallest absolute Gasteiger partial charge is 0.341 e. The van der Waals surface area contributed by atoms with Crippen LogP contribution in [0.3, 0.4) is 0 Å². The van der Waals surface area contributed by atoms with Gasteiger partial charge in [0.25, 0.3) is 0 Å². The quantitative estimate of drug-likeness (QED) is 0.376. The number of carboxylic acid groups (broad SMARTS) is 1. The molecule has 0 fully saturated rings. The van der Waals surface area contributed by atoms with Crippen LogP contribution in [0.5, 0.6) is 0 Å². The second kappa shape index (κ2) is 6.35. The molecule has 0 atom stereocenters. The lowest BCUT2D eigenvalue weighted by molar-refractivity contribution is 0.0682. The second-order valence-corrected chi connectivity index (χ2v) is 4.59. The molecule has 0 aliphatic heterocycles. The van der Waals surface area contributed by atoms with Crippen LogP contribution in [0.15, 0.2) is 0 Å². The summed E-state index contributed by atoms with van der Waals surface area (Å²) < 4.78 is 121. The summed E-state index contributed by atoms with van der Waals surface area (Å²) in [4.78, 5) is 22.4. The molecular formula is C14HF9O3. The van der Waals surface area contributed by atoms with Crippen LogP contribution in [-0.4, -0.2) is 16.9 Å². The molecular weight excluding hydrogens is 387 g/mol. The molecule has 12 heteroatoms. The molecule has 0 bridgehead atoms. The average molecular weight is 388 g/mol. The summed E-state index contributed by atoms with van der Waals surface area (Å²) in [6, 6.07) is 0. The van der Waals surface area contributed by atoms with Crippen LogP contribution in [-0.2, 0) is 0 Å². The molecule has 0 saturated carbocycles. The summed E-state index contributed by atoms with van der Waals surface area (Å²) in [6.07, 6.45) is 0. The largest absolute Gasteiger partial charge is 0.477 e. The van der Waals surface area contributed by atoms with E-state index in [1.54, 1.807) is 0 Å². The van der Waals surface area contributed by atoms with Gasteiger partial charge in [-0.25, -0.2) is 44.3 Å². The summed E-state index contributed by atoms with van der Waals surface area (Å²) in [5.41, 5.74) is -6.94. The van der Waals surface area contributed by atoms with Crippen molar-refractivity contribution < 1.29 is 54.2 Å². The first-order chi connectivity index (χ1) is 11.9. The Bertz CT molecular complexity index is 927. The minimum absolute atomic E-state index is 2.17. The van der Waals surface area contributed by atoms with E-state index in [4.69, 9.17) is 5.11 Å². The van der Waals surface area contributed by atoms with Crippen LogP contribution in [0.25, 0.3) is 0 Å². The van der Waals surface area contributed by atoms with E-state index in [0.717, 1.165) is 0 Å². The zero-order chi connectivity index (χ0) is 20.1. The fraction of sp³-hybridized carbons (Fsp3) is 0. The summed E-state index contributed by atoms with van der Waals surface area (Å²) >= 11 is 0. The van der Waals surface area contributed by atoms with Crippen molar-refractivity contribution in [2.75, 3.05) is 0 Å². The van der Waals surface area contributed by atoms with Crippen molar-refractivity contribution in [1.29, 1.82) is 0 Å². The van der Waals surface area contributed by atoms with Gasteiger partial charge in [-0.2, -0.15) is 0 Å². The Kier molecular flexibility index (Phi) is 4.71. The van der Waals surface area contributed by atoms with Gasteiger partial charge in [0.1, 0.15) is 16.7 Å². The van der Waals surface area contributed by atoms with Gasteiger partial charge in [0.05, 0.1) is 0 Å². The van der Waals surface area contributed by atoms with E-state index in [9.17, 15) is 49.1 Å². The maximum Gasteiger partial charge on any atom is 0.341 e. The Morgan fingerprint density at radius 2 is 0.692 bits per heavy atom. The molecule has 2 rings (SSSR count). The number of carbonyl (C=O) groups is 2. The molecule has 0 spiro atoms. The molecule has 2 aromatic carbocycles. The van der Waals surface area contributed by atoms with Crippen LogP contribution in [0.1, 0.15) is 26.3 Å². The standard InChI is InChI=1S/C14HF9O3/c15-4-1(5(16)9(20)3(8(4)19)14(25)26)13(24)2-6(17)10(21)12(23)11(22)7(2)18/h(H,25,26). The van der Waals surface area contributed by atoms with E-state index in [1.165, 1.54) is 0 Å². The number of halogens is 9. The zero-order valence-corrected chi connectivity index (χ0v) is 11.7.